The standard InChI is InChI=1S/C36H52O4/c1-3-5-7-9-11-13-15-17-23-30(35(37)38)33-28-25-19-21-27-22-20-26-29(32(27)28)34(33)31(36(39)40)24-18-16-14-12-10-8-6-4-2/h19-22,25-26,30-31H,3-18,23-24H2,1-2H3,(H,37,38)(H,39,40). The van der Waals surface area contributed by atoms with Crippen molar-refractivity contribution in [3.8, 4) is 0 Å². The number of carboxylic acids is 2. The summed E-state index contributed by atoms with van der Waals surface area (Å²) >= 11 is 0. The minimum Gasteiger partial charge on any atom is -0.481 e. The van der Waals surface area contributed by atoms with Gasteiger partial charge in [-0.05, 0) is 45.9 Å². The lowest BCUT2D eigenvalue weighted by molar-refractivity contribution is -0.141. The lowest BCUT2D eigenvalue weighted by Gasteiger charge is -2.22. The van der Waals surface area contributed by atoms with E-state index < -0.39 is 23.8 Å². The molecule has 220 valence electrons. The zero-order valence-electron chi connectivity index (χ0n) is 25.1. The minimum absolute atomic E-state index is 0.553. The Morgan fingerprint density at radius 3 is 1.25 bits per heavy atom. The molecule has 4 nitrogen and oxygen atoms in total. The van der Waals surface area contributed by atoms with Gasteiger partial charge in [-0.2, -0.15) is 0 Å². The Kier molecular flexibility index (Phi) is 13.8. The Bertz CT molecular complexity index is 1030. The highest BCUT2D eigenvalue weighted by atomic mass is 16.4. The zero-order valence-corrected chi connectivity index (χ0v) is 25.1. The highest BCUT2D eigenvalue weighted by molar-refractivity contribution is 6.19. The molecule has 3 rings (SSSR count). The molecule has 0 saturated heterocycles. The normalized spacial score (nSPS) is 14.2. The molecule has 0 aliphatic heterocycles. The number of carboxylic acid groups (broad SMARTS) is 2. The smallest absolute Gasteiger partial charge is 0.311 e. The van der Waals surface area contributed by atoms with Crippen LogP contribution in [0.2, 0.25) is 0 Å². The van der Waals surface area contributed by atoms with Crippen molar-refractivity contribution in [2.24, 2.45) is 11.8 Å². The third kappa shape index (κ3) is 8.69. The third-order valence-corrected chi connectivity index (χ3v) is 8.76. The van der Waals surface area contributed by atoms with Crippen molar-refractivity contribution in [1.29, 1.82) is 0 Å². The predicted octanol–water partition coefficient (Wildman–Crippen LogP) is 10.5. The van der Waals surface area contributed by atoms with Crippen molar-refractivity contribution in [1.82, 2.24) is 0 Å². The second-order valence-corrected chi connectivity index (χ2v) is 11.8. The van der Waals surface area contributed by atoms with Gasteiger partial charge in [-0.25, -0.2) is 0 Å². The summed E-state index contributed by atoms with van der Waals surface area (Å²) in [6.45, 7) is 4.45. The third-order valence-electron chi connectivity index (χ3n) is 8.76. The molecule has 0 spiro atoms. The predicted molar refractivity (Wildman–Crippen MR) is 167 cm³/mol. The van der Waals surface area contributed by atoms with E-state index in [-0.39, 0.29) is 0 Å². The van der Waals surface area contributed by atoms with Crippen LogP contribution < -0.4 is 0 Å². The van der Waals surface area contributed by atoms with Crippen molar-refractivity contribution in [3.63, 3.8) is 0 Å². The molecular weight excluding hydrogens is 496 g/mol. The van der Waals surface area contributed by atoms with Crippen molar-refractivity contribution in [2.45, 2.75) is 129 Å². The molecule has 2 unspecified atom stereocenters. The van der Waals surface area contributed by atoms with E-state index in [1.807, 2.05) is 36.4 Å². The van der Waals surface area contributed by atoms with Gasteiger partial charge in [0.2, 0.25) is 0 Å². The van der Waals surface area contributed by atoms with E-state index in [0.29, 0.717) is 12.8 Å². The fourth-order valence-corrected chi connectivity index (χ4v) is 6.58. The number of hydrogen-bond donors (Lipinski definition) is 2. The lowest BCUT2D eigenvalue weighted by Crippen LogP contribution is -2.21. The molecule has 0 heterocycles. The molecule has 2 N–H and O–H groups in total. The van der Waals surface area contributed by atoms with E-state index in [0.717, 1.165) is 71.6 Å². The van der Waals surface area contributed by atoms with Gasteiger partial charge in [0.05, 0.1) is 11.8 Å². The van der Waals surface area contributed by atoms with Crippen LogP contribution in [-0.2, 0) is 9.59 Å². The van der Waals surface area contributed by atoms with Gasteiger partial charge in [0.1, 0.15) is 0 Å². The second kappa shape index (κ2) is 17.3. The van der Waals surface area contributed by atoms with Gasteiger partial charge >= 0.3 is 11.9 Å². The maximum absolute atomic E-state index is 12.8. The summed E-state index contributed by atoms with van der Waals surface area (Å²) in [5.74, 6) is -3.05. The monoisotopic (exact) mass is 548 g/mol. The van der Waals surface area contributed by atoms with Crippen molar-refractivity contribution in [3.05, 3.63) is 47.5 Å². The fraction of sp³-hybridized carbons (Fsp3) is 0.611. The Labute approximate surface area is 242 Å². The van der Waals surface area contributed by atoms with Crippen LogP contribution in [-0.4, -0.2) is 22.2 Å². The number of carbonyl (C=O) groups is 2. The first-order valence-corrected chi connectivity index (χ1v) is 16.2. The van der Waals surface area contributed by atoms with Gasteiger partial charge in [0, 0.05) is 0 Å². The molecule has 4 heteroatoms. The number of hydrogen-bond acceptors (Lipinski definition) is 2. The molecule has 0 fully saturated rings. The fourth-order valence-electron chi connectivity index (χ4n) is 6.58. The van der Waals surface area contributed by atoms with Gasteiger partial charge in [-0.1, -0.05) is 153 Å². The largest absolute Gasteiger partial charge is 0.481 e. The van der Waals surface area contributed by atoms with Crippen molar-refractivity contribution in [2.75, 3.05) is 0 Å². The van der Waals surface area contributed by atoms with Gasteiger partial charge in [-0.15, -0.1) is 0 Å². The zero-order chi connectivity index (χ0) is 28.7. The highest BCUT2D eigenvalue weighted by Gasteiger charge is 2.37. The number of benzene rings is 2. The summed E-state index contributed by atoms with van der Waals surface area (Å²) < 4.78 is 0. The van der Waals surface area contributed by atoms with Crippen LogP contribution in [0.4, 0.5) is 0 Å². The highest BCUT2D eigenvalue weighted by Crippen LogP contribution is 2.50. The first-order valence-electron chi connectivity index (χ1n) is 16.2. The number of unbranched alkanes of at least 4 members (excludes halogenated alkanes) is 14. The maximum atomic E-state index is 12.8. The summed E-state index contributed by atoms with van der Waals surface area (Å²) in [7, 11) is 0. The molecule has 2 atom stereocenters. The summed E-state index contributed by atoms with van der Waals surface area (Å²) in [5.41, 5.74) is 3.37. The van der Waals surface area contributed by atoms with E-state index in [1.54, 1.807) is 0 Å². The van der Waals surface area contributed by atoms with E-state index in [4.69, 9.17) is 0 Å². The molecule has 40 heavy (non-hydrogen) atoms. The van der Waals surface area contributed by atoms with E-state index in [1.165, 1.54) is 64.2 Å². The van der Waals surface area contributed by atoms with Gasteiger partial charge < -0.3 is 10.2 Å². The quantitative estimate of drug-likeness (QED) is 0.144. The molecule has 2 aromatic rings. The Hall–Kier alpha value is -2.62. The molecule has 0 bridgehead atoms. The van der Waals surface area contributed by atoms with Crippen LogP contribution in [0.3, 0.4) is 0 Å². The Balaban J connectivity index is 1.80. The van der Waals surface area contributed by atoms with Crippen LogP contribution >= 0.6 is 0 Å². The molecular formula is C36H52O4. The van der Waals surface area contributed by atoms with Crippen LogP contribution in [0.25, 0.3) is 21.9 Å². The molecule has 0 radical (unpaired) electrons. The van der Waals surface area contributed by atoms with Gasteiger partial charge in [-0.3, -0.25) is 9.59 Å². The second-order valence-electron chi connectivity index (χ2n) is 11.8. The molecule has 2 aromatic carbocycles. The Morgan fingerprint density at radius 1 is 0.550 bits per heavy atom. The van der Waals surface area contributed by atoms with Crippen LogP contribution in [0.5, 0.6) is 0 Å². The molecule has 1 aliphatic rings. The van der Waals surface area contributed by atoms with Crippen LogP contribution in [0.1, 0.15) is 141 Å². The average molecular weight is 549 g/mol. The van der Waals surface area contributed by atoms with Crippen molar-refractivity contribution >= 4 is 33.9 Å². The number of aliphatic carboxylic acids is 2. The maximum Gasteiger partial charge on any atom is 0.311 e. The average Bonchev–Trinajstić information content (AvgIpc) is 3.26. The SMILES string of the molecule is CCCCCCCCCCC(C(=O)O)C1=C(C(CCCCCCCCCC)C(=O)O)c2cccc3cccc1c23. The molecule has 0 aromatic heterocycles. The van der Waals surface area contributed by atoms with Crippen LogP contribution in [0.15, 0.2) is 36.4 Å². The first kappa shape index (κ1) is 31.9. The van der Waals surface area contributed by atoms with Gasteiger partial charge in [0.15, 0.2) is 0 Å². The summed E-state index contributed by atoms with van der Waals surface area (Å²) in [4.78, 5) is 25.5. The summed E-state index contributed by atoms with van der Waals surface area (Å²) in [5, 5.41) is 23.0. The molecule has 1 aliphatic carbocycles. The van der Waals surface area contributed by atoms with Crippen LogP contribution in [0, 0.1) is 11.8 Å². The minimum atomic E-state index is -0.837. The van der Waals surface area contributed by atoms with Gasteiger partial charge in [0.25, 0.3) is 0 Å². The number of rotatable bonds is 22. The van der Waals surface area contributed by atoms with E-state index >= 15 is 0 Å². The first-order chi connectivity index (χ1) is 19.5. The van der Waals surface area contributed by atoms with Crippen molar-refractivity contribution < 1.29 is 19.8 Å². The molecule has 0 amide bonds. The van der Waals surface area contributed by atoms with E-state index in [9.17, 15) is 19.8 Å². The van der Waals surface area contributed by atoms with E-state index in [2.05, 4.69) is 13.8 Å². The summed E-state index contributed by atoms with van der Waals surface area (Å²) in [6.07, 6.45) is 19.6. The Morgan fingerprint density at radius 2 is 0.900 bits per heavy atom. The lowest BCUT2D eigenvalue weighted by atomic mass is 9.81. The topological polar surface area (TPSA) is 74.6 Å². The summed E-state index contributed by atoms with van der Waals surface area (Å²) in [6, 6.07) is 12.1. The molecule has 0 saturated carbocycles.